The number of rotatable bonds is 8. The van der Waals surface area contributed by atoms with E-state index in [-0.39, 0.29) is 11.5 Å². The molecular formula is C17H21N3O3. The Morgan fingerprint density at radius 3 is 2.57 bits per heavy atom. The van der Waals surface area contributed by atoms with E-state index in [4.69, 9.17) is 4.74 Å². The molecule has 3 N–H and O–H groups in total. The average molecular weight is 315 g/mol. The number of ether oxygens (including phenoxy) is 1. The Bertz CT molecular complexity index is 683. The maximum absolute atomic E-state index is 12.1. The fraction of sp³-hybridized carbons (Fsp3) is 0.294. The Balaban J connectivity index is 1.93. The minimum Gasteiger partial charge on any atom is -0.383 e. The highest BCUT2D eigenvalue weighted by Gasteiger charge is 2.10. The van der Waals surface area contributed by atoms with Crippen molar-refractivity contribution in [3.63, 3.8) is 0 Å². The van der Waals surface area contributed by atoms with E-state index in [0.717, 1.165) is 12.1 Å². The van der Waals surface area contributed by atoms with Crippen LogP contribution >= 0.6 is 0 Å². The lowest BCUT2D eigenvalue weighted by atomic mass is 10.1. The van der Waals surface area contributed by atoms with Gasteiger partial charge in [-0.05, 0) is 17.7 Å². The van der Waals surface area contributed by atoms with Gasteiger partial charge in [0.05, 0.1) is 6.61 Å². The van der Waals surface area contributed by atoms with Gasteiger partial charge in [0.2, 0.25) is 0 Å². The molecule has 2 rings (SSSR count). The number of carbonyl (C=O) groups is 1. The highest BCUT2D eigenvalue weighted by Crippen LogP contribution is 2.14. The molecule has 0 radical (unpaired) electrons. The summed E-state index contributed by atoms with van der Waals surface area (Å²) in [6.45, 7) is 2.41. The first-order valence-electron chi connectivity index (χ1n) is 7.49. The molecule has 2 aromatic rings. The van der Waals surface area contributed by atoms with Crippen molar-refractivity contribution in [2.45, 2.75) is 0 Å². The fourth-order valence-corrected chi connectivity index (χ4v) is 2.10. The number of nitrogens with one attached hydrogen (secondary N) is 3. The quantitative estimate of drug-likeness (QED) is 0.635. The summed E-state index contributed by atoms with van der Waals surface area (Å²) >= 11 is 0. The average Bonchev–Trinajstić information content (AvgIpc) is 2.58. The maximum atomic E-state index is 12.1. The first-order chi connectivity index (χ1) is 11.2. The second-order valence-electron chi connectivity index (χ2n) is 4.98. The van der Waals surface area contributed by atoms with E-state index < -0.39 is 5.56 Å². The molecule has 0 saturated carbocycles. The molecule has 6 heteroatoms. The van der Waals surface area contributed by atoms with Crippen LogP contribution in [0.5, 0.6) is 0 Å². The number of aromatic amines is 1. The van der Waals surface area contributed by atoms with Crippen LogP contribution < -0.4 is 16.2 Å². The maximum Gasteiger partial charge on any atom is 0.261 e. The van der Waals surface area contributed by atoms with E-state index in [1.54, 1.807) is 19.2 Å². The second-order valence-corrected chi connectivity index (χ2v) is 4.98. The summed E-state index contributed by atoms with van der Waals surface area (Å²) in [5.41, 5.74) is 1.31. The van der Waals surface area contributed by atoms with Gasteiger partial charge < -0.3 is 20.4 Å². The van der Waals surface area contributed by atoms with Gasteiger partial charge in [0.1, 0.15) is 5.56 Å². The minimum absolute atomic E-state index is 0.113. The van der Waals surface area contributed by atoms with Crippen molar-refractivity contribution >= 4 is 5.91 Å². The monoisotopic (exact) mass is 315 g/mol. The number of benzene rings is 1. The van der Waals surface area contributed by atoms with Crippen molar-refractivity contribution in [2.75, 3.05) is 33.4 Å². The zero-order chi connectivity index (χ0) is 16.5. The molecule has 0 saturated heterocycles. The molecule has 1 aromatic heterocycles. The lowest BCUT2D eigenvalue weighted by Gasteiger charge is -2.07. The summed E-state index contributed by atoms with van der Waals surface area (Å²) in [4.78, 5) is 26.8. The molecule has 1 heterocycles. The van der Waals surface area contributed by atoms with Crippen LogP contribution in [0.2, 0.25) is 0 Å². The Labute approximate surface area is 134 Å². The van der Waals surface area contributed by atoms with Gasteiger partial charge >= 0.3 is 0 Å². The number of hydrogen-bond donors (Lipinski definition) is 3. The number of aromatic nitrogens is 1. The van der Waals surface area contributed by atoms with Gasteiger partial charge in [0, 0.05) is 32.4 Å². The van der Waals surface area contributed by atoms with Crippen LogP contribution in [0.4, 0.5) is 0 Å². The molecule has 0 bridgehead atoms. The van der Waals surface area contributed by atoms with Crippen LogP contribution in [0.15, 0.2) is 47.3 Å². The normalized spacial score (nSPS) is 10.5. The van der Waals surface area contributed by atoms with E-state index in [1.807, 2.05) is 30.3 Å². The number of carbonyl (C=O) groups excluding carboxylic acids is 1. The predicted molar refractivity (Wildman–Crippen MR) is 89.6 cm³/mol. The van der Waals surface area contributed by atoms with Gasteiger partial charge in [-0.25, -0.2) is 0 Å². The summed E-state index contributed by atoms with van der Waals surface area (Å²) in [6, 6.07) is 12.8. The van der Waals surface area contributed by atoms with Gasteiger partial charge in [0.15, 0.2) is 0 Å². The zero-order valence-corrected chi connectivity index (χ0v) is 13.1. The van der Waals surface area contributed by atoms with Crippen LogP contribution in [-0.2, 0) is 4.74 Å². The third kappa shape index (κ3) is 5.05. The topological polar surface area (TPSA) is 83.2 Å². The highest BCUT2D eigenvalue weighted by atomic mass is 16.5. The third-order valence-electron chi connectivity index (χ3n) is 3.31. The highest BCUT2D eigenvalue weighted by molar-refractivity contribution is 5.94. The smallest absolute Gasteiger partial charge is 0.261 e. The number of methoxy groups -OCH3 is 1. The Hall–Kier alpha value is -2.44. The molecule has 0 fully saturated rings. The van der Waals surface area contributed by atoms with Crippen molar-refractivity contribution in [3.05, 3.63) is 58.4 Å². The van der Waals surface area contributed by atoms with Crippen LogP contribution in [0.1, 0.15) is 10.4 Å². The summed E-state index contributed by atoms with van der Waals surface area (Å²) in [7, 11) is 1.63. The van der Waals surface area contributed by atoms with Crippen molar-refractivity contribution in [2.24, 2.45) is 0 Å². The molecule has 6 nitrogen and oxygen atoms in total. The number of hydrogen-bond acceptors (Lipinski definition) is 4. The molecule has 0 aliphatic heterocycles. The largest absolute Gasteiger partial charge is 0.383 e. The molecule has 0 aliphatic rings. The number of amides is 1. The van der Waals surface area contributed by atoms with E-state index >= 15 is 0 Å². The van der Waals surface area contributed by atoms with E-state index in [0.29, 0.717) is 25.4 Å². The van der Waals surface area contributed by atoms with Crippen molar-refractivity contribution in [3.8, 4) is 11.3 Å². The Morgan fingerprint density at radius 2 is 1.87 bits per heavy atom. The molecule has 0 atom stereocenters. The van der Waals surface area contributed by atoms with Crippen molar-refractivity contribution in [1.82, 2.24) is 15.6 Å². The van der Waals surface area contributed by atoms with Crippen molar-refractivity contribution in [1.29, 1.82) is 0 Å². The van der Waals surface area contributed by atoms with E-state index in [2.05, 4.69) is 15.6 Å². The Morgan fingerprint density at radius 1 is 1.09 bits per heavy atom. The molecule has 0 aliphatic carbocycles. The predicted octanol–water partition coefficient (Wildman–Crippen LogP) is 1.01. The van der Waals surface area contributed by atoms with Crippen LogP contribution in [-0.4, -0.2) is 44.2 Å². The van der Waals surface area contributed by atoms with Crippen LogP contribution in [0.25, 0.3) is 11.3 Å². The number of H-pyrrole nitrogens is 1. The number of pyridine rings is 1. The first kappa shape index (κ1) is 16.9. The fourth-order valence-electron chi connectivity index (χ4n) is 2.10. The summed E-state index contributed by atoms with van der Waals surface area (Å²) < 4.78 is 4.91. The molecule has 1 amide bonds. The second kappa shape index (κ2) is 8.87. The van der Waals surface area contributed by atoms with E-state index in [1.165, 1.54) is 0 Å². The van der Waals surface area contributed by atoms with Gasteiger partial charge in [-0.15, -0.1) is 0 Å². The van der Waals surface area contributed by atoms with Gasteiger partial charge in [-0.1, -0.05) is 30.3 Å². The minimum atomic E-state index is -0.392. The molecule has 23 heavy (non-hydrogen) atoms. The lowest BCUT2D eigenvalue weighted by molar-refractivity contribution is 0.0952. The summed E-state index contributed by atoms with van der Waals surface area (Å²) in [6.07, 6.45) is 0. The first-order valence-corrected chi connectivity index (χ1v) is 7.49. The molecule has 0 spiro atoms. The summed E-state index contributed by atoms with van der Waals surface area (Å²) in [5, 5.41) is 5.83. The third-order valence-corrected chi connectivity index (χ3v) is 3.31. The van der Waals surface area contributed by atoms with Gasteiger partial charge in [0.25, 0.3) is 11.5 Å². The lowest BCUT2D eigenvalue weighted by Crippen LogP contribution is -2.35. The van der Waals surface area contributed by atoms with Crippen LogP contribution in [0.3, 0.4) is 0 Å². The Kier molecular flexibility index (Phi) is 6.53. The molecule has 122 valence electrons. The molecular weight excluding hydrogens is 294 g/mol. The van der Waals surface area contributed by atoms with Crippen LogP contribution in [0, 0.1) is 0 Å². The van der Waals surface area contributed by atoms with E-state index in [9.17, 15) is 9.59 Å². The van der Waals surface area contributed by atoms with Gasteiger partial charge in [-0.3, -0.25) is 9.59 Å². The molecule has 0 unspecified atom stereocenters. The summed E-state index contributed by atoms with van der Waals surface area (Å²) in [5.74, 6) is -0.376. The van der Waals surface area contributed by atoms with Crippen molar-refractivity contribution < 1.29 is 9.53 Å². The molecule has 1 aromatic carbocycles. The van der Waals surface area contributed by atoms with Gasteiger partial charge in [-0.2, -0.15) is 0 Å². The standard InChI is InChI=1S/C17H21N3O3/c1-23-12-11-18-9-10-19-16(21)14-7-8-15(20-17(14)22)13-5-3-2-4-6-13/h2-8,18H,9-12H2,1H3,(H,19,21)(H,20,22). The zero-order valence-electron chi connectivity index (χ0n) is 13.1. The SMILES string of the molecule is COCCNCCNC(=O)c1ccc(-c2ccccc2)[nH]c1=O.